The lowest BCUT2D eigenvalue weighted by atomic mass is 10.1. The predicted octanol–water partition coefficient (Wildman–Crippen LogP) is 2.78. The van der Waals surface area contributed by atoms with Crippen LogP contribution < -0.4 is 10.2 Å². The highest BCUT2D eigenvalue weighted by atomic mass is 19.1. The molecule has 17 heavy (non-hydrogen) atoms. The topological polar surface area (TPSA) is 15.3 Å². The third-order valence-electron chi connectivity index (χ3n) is 3.62. The minimum atomic E-state index is -0.0884. The van der Waals surface area contributed by atoms with Gasteiger partial charge >= 0.3 is 0 Å². The molecule has 0 amide bonds. The van der Waals surface area contributed by atoms with E-state index in [2.05, 4.69) is 17.1 Å². The van der Waals surface area contributed by atoms with Crippen molar-refractivity contribution in [3.05, 3.63) is 29.6 Å². The first-order valence-corrected chi connectivity index (χ1v) is 6.43. The summed E-state index contributed by atoms with van der Waals surface area (Å²) in [4.78, 5) is 2.20. The highest BCUT2D eigenvalue weighted by Gasteiger charge is 2.24. The Morgan fingerprint density at radius 1 is 1.47 bits per heavy atom. The summed E-state index contributed by atoms with van der Waals surface area (Å²) < 4.78 is 14.0. The van der Waals surface area contributed by atoms with Gasteiger partial charge in [-0.1, -0.05) is 25.5 Å². The Kier molecular flexibility index (Phi) is 4.00. The molecule has 1 heterocycles. The first-order chi connectivity index (χ1) is 8.26. The third kappa shape index (κ3) is 2.60. The number of para-hydroxylation sites is 1. The lowest BCUT2D eigenvalue weighted by molar-refractivity contribution is 0.566. The molecule has 1 saturated heterocycles. The number of anilines is 1. The second-order valence-corrected chi connectivity index (χ2v) is 4.79. The Morgan fingerprint density at radius 2 is 2.29 bits per heavy atom. The van der Waals surface area contributed by atoms with Crippen LogP contribution in [0.1, 0.15) is 25.3 Å². The zero-order chi connectivity index (χ0) is 12.3. The second kappa shape index (κ2) is 5.50. The third-order valence-corrected chi connectivity index (χ3v) is 3.62. The van der Waals surface area contributed by atoms with Gasteiger partial charge in [0.1, 0.15) is 5.82 Å². The van der Waals surface area contributed by atoms with Crippen LogP contribution in [0, 0.1) is 11.7 Å². The summed E-state index contributed by atoms with van der Waals surface area (Å²) in [5, 5.41) is 3.11. The number of halogens is 1. The fourth-order valence-corrected chi connectivity index (χ4v) is 2.62. The van der Waals surface area contributed by atoms with E-state index < -0.39 is 0 Å². The van der Waals surface area contributed by atoms with Crippen LogP contribution in [0.5, 0.6) is 0 Å². The van der Waals surface area contributed by atoms with Crippen molar-refractivity contribution in [2.24, 2.45) is 5.92 Å². The SMILES string of the molecule is CCC1CCN(c2c(F)cccc2CNC)C1. The average molecular weight is 236 g/mol. The lowest BCUT2D eigenvalue weighted by Gasteiger charge is -2.22. The monoisotopic (exact) mass is 236 g/mol. The van der Waals surface area contributed by atoms with Crippen LogP contribution in [0.25, 0.3) is 0 Å². The van der Waals surface area contributed by atoms with Crippen molar-refractivity contribution in [2.45, 2.75) is 26.3 Å². The van der Waals surface area contributed by atoms with E-state index in [9.17, 15) is 4.39 Å². The maximum atomic E-state index is 14.0. The van der Waals surface area contributed by atoms with E-state index in [0.29, 0.717) is 0 Å². The summed E-state index contributed by atoms with van der Waals surface area (Å²) in [6, 6.07) is 5.36. The first-order valence-electron chi connectivity index (χ1n) is 6.43. The van der Waals surface area contributed by atoms with Gasteiger partial charge in [-0.3, -0.25) is 0 Å². The van der Waals surface area contributed by atoms with Gasteiger partial charge in [0.2, 0.25) is 0 Å². The van der Waals surface area contributed by atoms with E-state index in [0.717, 1.165) is 36.8 Å². The van der Waals surface area contributed by atoms with Crippen LogP contribution in [0.4, 0.5) is 10.1 Å². The summed E-state index contributed by atoms with van der Waals surface area (Å²) in [6.45, 7) is 4.91. The van der Waals surface area contributed by atoms with Crippen LogP contribution >= 0.6 is 0 Å². The van der Waals surface area contributed by atoms with Gasteiger partial charge in [0.05, 0.1) is 5.69 Å². The highest BCUT2D eigenvalue weighted by molar-refractivity contribution is 5.55. The maximum absolute atomic E-state index is 14.0. The molecule has 1 unspecified atom stereocenters. The maximum Gasteiger partial charge on any atom is 0.146 e. The zero-order valence-electron chi connectivity index (χ0n) is 10.7. The number of nitrogens with one attached hydrogen (secondary N) is 1. The molecule has 0 saturated carbocycles. The smallest absolute Gasteiger partial charge is 0.146 e. The van der Waals surface area contributed by atoms with E-state index in [1.165, 1.54) is 12.8 Å². The van der Waals surface area contributed by atoms with Gasteiger partial charge in [-0.15, -0.1) is 0 Å². The first kappa shape index (κ1) is 12.4. The Hall–Kier alpha value is -1.09. The standard InChI is InChI=1S/C14H21FN2/c1-3-11-7-8-17(10-11)14-12(9-16-2)5-4-6-13(14)15/h4-6,11,16H,3,7-10H2,1-2H3. The fourth-order valence-electron chi connectivity index (χ4n) is 2.62. The Bertz CT molecular complexity index is 378. The largest absolute Gasteiger partial charge is 0.369 e. The number of nitrogens with zero attached hydrogens (tertiary/aromatic N) is 1. The Balaban J connectivity index is 2.24. The predicted molar refractivity (Wildman–Crippen MR) is 69.8 cm³/mol. The van der Waals surface area contributed by atoms with E-state index >= 15 is 0 Å². The molecule has 0 radical (unpaired) electrons. The van der Waals surface area contributed by atoms with Crippen molar-refractivity contribution < 1.29 is 4.39 Å². The fraction of sp³-hybridized carbons (Fsp3) is 0.571. The van der Waals surface area contributed by atoms with Crippen LogP contribution in [-0.4, -0.2) is 20.1 Å². The molecule has 1 atom stereocenters. The van der Waals surface area contributed by atoms with E-state index in [1.54, 1.807) is 12.1 Å². The van der Waals surface area contributed by atoms with Crippen molar-refractivity contribution in [1.82, 2.24) is 5.32 Å². The molecule has 1 aliphatic rings. The van der Waals surface area contributed by atoms with Gasteiger partial charge in [0.15, 0.2) is 0 Å². The van der Waals surface area contributed by atoms with Crippen molar-refractivity contribution >= 4 is 5.69 Å². The molecule has 0 aromatic heterocycles. The molecule has 1 N–H and O–H groups in total. The van der Waals surface area contributed by atoms with Crippen molar-refractivity contribution in [1.29, 1.82) is 0 Å². The molecule has 1 aliphatic heterocycles. The van der Waals surface area contributed by atoms with E-state index in [-0.39, 0.29) is 5.82 Å². The number of benzene rings is 1. The minimum absolute atomic E-state index is 0.0884. The van der Waals surface area contributed by atoms with Crippen molar-refractivity contribution in [3.8, 4) is 0 Å². The summed E-state index contributed by atoms with van der Waals surface area (Å²) in [5.74, 6) is 0.631. The van der Waals surface area contributed by atoms with Crippen LogP contribution in [0.15, 0.2) is 18.2 Å². The molecule has 94 valence electrons. The van der Waals surface area contributed by atoms with E-state index in [4.69, 9.17) is 0 Å². The second-order valence-electron chi connectivity index (χ2n) is 4.79. The Labute approximate surface area is 103 Å². The van der Waals surface area contributed by atoms with Gasteiger partial charge in [0, 0.05) is 19.6 Å². The molecule has 2 nitrogen and oxygen atoms in total. The molecular weight excluding hydrogens is 215 g/mol. The molecular formula is C14H21FN2. The quantitative estimate of drug-likeness (QED) is 0.864. The summed E-state index contributed by atoms with van der Waals surface area (Å²) in [5.41, 5.74) is 1.86. The summed E-state index contributed by atoms with van der Waals surface area (Å²) >= 11 is 0. The van der Waals surface area contributed by atoms with Gasteiger partial charge < -0.3 is 10.2 Å². The zero-order valence-corrected chi connectivity index (χ0v) is 10.7. The molecule has 1 aromatic carbocycles. The molecule has 2 rings (SSSR count). The normalized spacial score (nSPS) is 19.9. The molecule has 1 aromatic rings. The molecule has 0 aliphatic carbocycles. The molecule has 0 spiro atoms. The van der Waals surface area contributed by atoms with Crippen molar-refractivity contribution in [3.63, 3.8) is 0 Å². The van der Waals surface area contributed by atoms with Gasteiger partial charge in [-0.25, -0.2) is 4.39 Å². The molecule has 1 fully saturated rings. The van der Waals surface area contributed by atoms with Gasteiger partial charge in [-0.05, 0) is 31.0 Å². The minimum Gasteiger partial charge on any atom is -0.369 e. The molecule has 0 bridgehead atoms. The van der Waals surface area contributed by atoms with Crippen LogP contribution in [-0.2, 0) is 6.54 Å². The van der Waals surface area contributed by atoms with Crippen molar-refractivity contribution in [2.75, 3.05) is 25.0 Å². The van der Waals surface area contributed by atoms with Crippen LogP contribution in [0.2, 0.25) is 0 Å². The van der Waals surface area contributed by atoms with E-state index in [1.807, 2.05) is 13.1 Å². The average Bonchev–Trinajstić information content (AvgIpc) is 2.78. The van der Waals surface area contributed by atoms with Gasteiger partial charge in [0.25, 0.3) is 0 Å². The molecule has 3 heteroatoms. The summed E-state index contributed by atoms with van der Waals surface area (Å²) in [6.07, 6.45) is 2.37. The lowest BCUT2D eigenvalue weighted by Crippen LogP contribution is -2.23. The number of rotatable bonds is 4. The van der Waals surface area contributed by atoms with Crippen LogP contribution in [0.3, 0.4) is 0 Å². The Morgan fingerprint density at radius 3 is 2.94 bits per heavy atom. The number of hydrogen-bond donors (Lipinski definition) is 1. The summed E-state index contributed by atoms with van der Waals surface area (Å²) in [7, 11) is 1.90. The van der Waals surface area contributed by atoms with Gasteiger partial charge in [-0.2, -0.15) is 0 Å². The highest BCUT2D eigenvalue weighted by Crippen LogP contribution is 2.30. The number of hydrogen-bond acceptors (Lipinski definition) is 2.